The van der Waals surface area contributed by atoms with Crippen molar-refractivity contribution in [3.63, 3.8) is 0 Å². The van der Waals surface area contributed by atoms with Crippen LogP contribution < -0.4 is 10.6 Å². The highest BCUT2D eigenvalue weighted by Gasteiger charge is 2.18. The topological polar surface area (TPSA) is 41.1 Å². The second-order valence-corrected chi connectivity index (χ2v) is 5.26. The summed E-state index contributed by atoms with van der Waals surface area (Å²) in [5.41, 5.74) is 0.862. The molecule has 0 saturated heterocycles. The van der Waals surface area contributed by atoms with E-state index >= 15 is 0 Å². The van der Waals surface area contributed by atoms with Crippen LogP contribution in [0.2, 0.25) is 0 Å². The summed E-state index contributed by atoms with van der Waals surface area (Å²) in [5, 5.41) is 6.25. The van der Waals surface area contributed by atoms with Gasteiger partial charge in [-0.3, -0.25) is 4.79 Å². The van der Waals surface area contributed by atoms with E-state index in [0.29, 0.717) is 12.6 Å². The van der Waals surface area contributed by atoms with E-state index in [1.165, 1.54) is 25.7 Å². The molecule has 0 aliphatic heterocycles. The normalized spacial score (nSPS) is 23.6. The van der Waals surface area contributed by atoms with Gasteiger partial charge in [0.1, 0.15) is 0 Å². The molecule has 1 aromatic carbocycles. The van der Waals surface area contributed by atoms with Crippen LogP contribution in [0.1, 0.15) is 32.6 Å². The van der Waals surface area contributed by atoms with E-state index in [-0.39, 0.29) is 5.91 Å². The summed E-state index contributed by atoms with van der Waals surface area (Å²) in [6.45, 7) is 2.70. The summed E-state index contributed by atoms with van der Waals surface area (Å²) in [5.74, 6) is 0.827. The third-order valence-electron chi connectivity index (χ3n) is 3.55. The molecule has 3 nitrogen and oxygen atoms in total. The molecule has 3 heteroatoms. The number of carbonyl (C=O) groups excluding carboxylic acids is 1. The highest BCUT2D eigenvalue weighted by atomic mass is 16.1. The minimum absolute atomic E-state index is 0.0411. The summed E-state index contributed by atoms with van der Waals surface area (Å²) < 4.78 is 0. The van der Waals surface area contributed by atoms with Crippen LogP contribution in [0.5, 0.6) is 0 Å². The SMILES string of the molecule is C[C@@H]1CCC[C@@H](NCC(=O)Nc2ccccc2)C1. The first-order valence-corrected chi connectivity index (χ1v) is 6.82. The number of carbonyl (C=O) groups is 1. The lowest BCUT2D eigenvalue weighted by atomic mass is 9.87. The van der Waals surface area contributed by atoms with Crippen molar-refractivity contribution < 1.29 is 4.79 Å². The summed E-state index contributed by atoms with van der Waals surface area (Å²) in [6, 6.07) is 10.1. The first-order valence-electron chi connectivity index (χ1n) is 6.82. The summed E-state index contributed by atoms with van der Waals surface area (Å²) >= 11 is 0. The van der Waals surface area contributed by atoms with Gasteiger partial charge in [-0.15, -0.1) is 0 Å². The number of nitrogens with one attached hydrogen (secondary N) is 2. The van der Waals surface area contributed by atoms with Crippen molar-refractivity contribution in [2.75, 3.05) is 11.9 Å². The fraction of sp³-hybridized carbons (Fsp3) is 0.533. The van der Waals surface area contributed by atoms with Crippen molar-refractivity contribution in [1.82, 2.24) is 5.32 Å². The van der Waals surface area contributed by atoms with Crippen molar-refractivity contribution in [2.45, 2.75) is 38.6 Å². The Morgan fingerprint density at radius 1 is 1.28 bits per heavy atom. The first-order chi connectivity index (χ1) is 8.74. The Morgan fingerprint density at radius 3 is 2.78 bits per heavy atom. The molecule has 1 saturated carbocycles. The molecule has 2 rings (SSSR count). The van der Waals surface area contributed by atoms with Gasteiger partial charge in [0.15, 0.2) is 0 Å². The van der Waals surface area contributed by atoms with Gasteiger partial charge in [-0.2, -0.15) is 0 Å². The molecule has 98 valence electrons. The molecule has 1 amide bonds. The quantitative estimate of drug-likeness (QED) is 0.857. The number of hydrogen-bond donors (Lipinski definition) is 2. The average Bonchev–Trinajstić information content (AvgIpc) is 2.38. The molecule has 1 fully saturated rings. The lowest BCUT2D eigenvalue weighted by Crippen LogP contribution is -2.38. The Bertz CT molecular complexity index is 377. The van der Waals surface area contributed by atoms with Crippen molar-refractivity contribution in [2.24, 2.45) is 5.92 Å². The number of rotatable bonds is 4. The number of anilines is 1. The van der Waals surface area contributed by atoms with Crippen molar-refractivity contribution in [3.05, 3.63) is 30.3 Å². The number of amides is 1. The van der Waals surface area contributed by atoms with Gasteiger partial charge >= 0.3 is 0 Å². The zero-order valence-corrected chi connectivity index (χ0v) is 11.0. The maximum Gasteiger partial charge on any atom is 0.238 e. The number of hydrogen-bond acceptors (Lipinski definition) is 2. The van der Waals surface area contributed by atoms with Gasteiger partial charge in [0.25, 0.3) is 0 Å². The lowest BCUT2D eigenvalue weighted by molar-refractivity contribution is -0.115. The predicted octanol–water partition coefficient (Wildman–Crippen LogP) is 2.79. The van der Waals surface area contributed by atoms with Crippen LogP contribution in [0.4, 0.5) is 5.69 Å². The van der Waals surface area contributed by atoms with Crippen molar-refractivity contribution >= 4 is 11.6 Å². The monoisotopic (exact) mass is 246 g/mol. The Hall–Kier alpha value is -1.35. The second kappa shape index (κ2) is 6.55. The predicted molar refractivity (Wildman–Crippen MR) is 74.5 cm³/mol. The molecule has 0 heterocycles. The fourth-order valence-corrected chi connectivity index (χ4v) is 2.58. The zero-order valence-electron chi connectivity index (χ0n) is 11.0. The molecular formula is C15H22N2O. The molecule has 1 aliphatic rings. The van der Waals surface area contributed by atoms with Crippen molar-refractivity contribution in [1.29, 1.82) is 0 Å². The Morgan fingerprint density at radius 2 is 2.06 bits per heavy atom. The van der Waals surface area contributed by atoms with Crippen LogP contribution in [-0.2, 0) is 4.79 Å². The maximum absolute atomic E-state index is 11.8. The highest BCUT2D eigenvalue weighted by Crippen LogP contribution is 2.23. The van der Waals surface area contributed by atoms with Gasteiger partial charge in [0, 0.05) is 11.7 Å². The van der Waals surface area contributed by atoms with Gasteiger partial charge in [-0.1, -0.05) is 38.0 Å². The van der Waals surface area contributed by atoms with Crippen LogP contribution in [0.3, 0.4) is 0 Å². The van der Waals surface area contributed by atoms with Crippen LogP contribution in [-0.4, -0.2) is 18.5 Å². The minimum Gasteiger partial charge on any atom is -0.325 e. The van der Waals surface area contributed by atoms with E-state index in [2.05, 4.69) is 17.6 Å². The van der Waals surface area contributed by atoms with E-state index in [0.717, 1.165) is 11.6 Å². The van der Waals surface area contributed by atoms with E-state index < -0.39 is 0 Å². The van der Waals surface area contributed by atoms with Gasteiger partial charge in [-0.05, 0) is 30.9 Å². The van der Waals surface area contributed by atoms with E-state index in [4.69, 9.17) is 0 Å². The smallest absolute Gasteiger partial charge is 0.238 e. The molecule has 0 radical (unpaired) electrons. The highest BCUT2D eigenvalue weighted by molar-refractivity contribution is 5.92. The molecule has 18 heavy (non-hydrogen) atoms. The second-order valence-electron chi connectivity index (χ2n) is 5.26. The molecule has 1 aromatic rings. The third-order valence-corrected chi connectivity index (χ3v) is 3.55. The maximum atomic E-state index is 11.8. The molecule has 0 spiro atoms. The minimum atomic E-state index is 0.0411. The largest absolute Gasteiger partial charge is 0.325 e. The standard InChI is InChI=1S/C15H22N2O/c1-12-6-5-9-14(10-12)16-11-15(18)17-13-7-3-2-4-8-13/h2-4,7-8,12,14,16H,5-6,9-11H2,1H3,(H,17,18)/t12-,14-/m1/s1. The Labute approximate surface area is 109 Å². The molecule has 0 unspecified atom stereocenters. The summed E-state index contributed by atoms with van der Waals surface area (Å²) in [7, 11) is 0. The van der Waals surface area contributed by atoms with Gasteiger partial charge in [0.05, 0.1) is 6.54 Å². The van der Waals surface area contributed by atoms with Crippen LogP contribution in [0.15, 0.2) is 30.3 Å². The molecular weight excluding hydrogens is 224 g/mol. The summed E-state index contributed by atoms with van der Waals surface area (Å²) in [6.07, 6.45) is 5.00. The Balaban J connectivity index is 1.71. The van der Waals surface area contributed by atoms with Crippen molar-refractivity contribution in [3.8, 4) is 0 Å². The number of para-hydroxylation sites is 1. The summed E-state index contributed by atoms with van der Waals surface area (Å²) in [4.78, 5) is 11.8. The lowest BCUT2D eigenvalue weighted by Gasteiger charge is -2.27. The molecule has 1 aliphatic carbocycles. The molecule has 0 bridgehead atoms. The van der Waals surface area contributed by atoms with Gasteiger partial charge in [0.2, 0.25) is 5.91 Å². The van der Waals surface area contributed by atoms with Gasteiger partial charge in [-0.25, -0.2) is 0 Å². The van der Waals surface area contributed by atoms with Gasteiger partial charge < -0.3 is 10.6 Å². The third kappa shape index (κ3) is 4.15. The average molecular weight is 246 g/mol. The van der Waals surface area contributed by atoms with E-state index in [9.17, 15) is 4.79 Å². The fourth-order valence-electron chi connectivity index (χ4n) is 2.58. The van der Waals surface area contributed by atoms with Crippen LogP contribution >= 0.6 is 0 Å². The Kier molecular flexibility index (Phi) is 4.76. The molecule has 2 N–H and O–H groups in total. The first kappa shape index (κ1) is 13.1. The number of benzene rings is 1. The van der Waals surface area contributed by atoms with Crippen LogP contribution in [0.25, 0.3) is 0 Å². The van der Waals surface area contributed by atoms with Crippen LogP contribution in [0, 0.1) is 5.92 Å². The van der Waals surface area contributed by atoms with E-state index in [1.807, 2.05) is 30.3 Å². The zero-order chi connectivity index (χ0) is 12.8. The molecule has 0 aromatic heterocycles. The molecule has 2 atom stereocenters. The van der Waals surface area contributed by atoms with E-state index in [1.54, 1.807) is 0 Å².